The van der Waals surface area contributed by atoms with Crippen molar-refractivity contribution < 1.29 is 19.4 Å². The van der Waals surface area contributed by atoms with E-state index < -0.39 is 17.7 Å². The Morgan fingerprint density at radius 3 is 2.77 bits per heavy atom. The fourth-order valence-electron chi connectivity index (χ4n) is 2.82. The molecule has 0 saturated carbocycles. The Morgan fingerprint density at radius 1 is 1.38 bits per heavy atom. The summed E-state index contributed by atoms with van der Waals surface area (Å²) in [5.74, 6) is -0.358. The van der Waals surface area contributed by atoms with Gasteiger partial charge in [0.25, 0.3) is 0 Å². The van der Waals surface area contributed by atoms with Crippen LogP contribution in [-0.4, -0.2) is 27.9 Å². The number of thiazole rings is 1. The van der Waals surface area contributed by atoms with Crippen molar-refractivity contribution >= 4 is 23.4 Å². The van der Waals surface area contributed by atoms with E-state index in [1.807, 2.05) is 30.4 Å². The summed E-state index contributed by atoms with van der Waals surface area (Å²) >= 11 is 0.903. The van der Waals surface area contributed by atoms with Crippen LogP contribution >= 0.6 is 11.3 Å². The molecule has 1 aromatic heterocycles. The number of aliphatic carboxylic acids is 1. The fraction of sp³-hybridized carbons (Fsp3) is 0.368. The molecule has 0 fully saturated rings. The molecule has 2 aromatic rings. The molecular formula is C19H21NO5S. The van der Waals surface area contributed by atoms with E-state index in [0.717, 1.165) is 28.2 Å². The highest BCUT2D eigenvalue weighted by molar-refractivity contribution is 7.10. The van der Waals surface area contributed by atoms with Gasteiger partial charge in [0.05, 0.1) is 16.2 Å². The maximum Gasteiger partial charge on any atom is 0.338 e. The van der Waals surface area contributed by atoms with E-state index in [9.17, 15) is 14.7 Å². The topological polar surface area (TPSA) is 77.8 Å². The van der Waals surface area contributed by atoms with E-state index in [4.69, 9.17) is 9.47 Å². The van der Waals surface area contributed by atoms with E-state index in [1.54, 1.807) is 27.8 Å². The largest absolute Gasteiger partial charge is 0.489 e. The van der Waals surface area contributed by atoms with E-state index in [2.05, 4.69) is 0 Å². The van der Waals surface area contributed by atoms with Crippen molar-refractivity contribution in [3.05, 3.63) is 44.4 Å². The Labute approximate surface area is 155 Å². The molecule has 3 rings (SSSR count). The van der Waals surface area contributed by atoms with Crippen LogP contribution in [0.25, 0.3) is 17.3 Å². The highest BCUT2D eigenvalue weighted by Crippen LogP contribution is 2.37. The highest BCUT2D eigenvalue weighted by atomic mass is 32.1. The molecule has 0 radical (unpaired) electrons. The van der Waals surface area contributed by atoms with Gasteiger partial charge >= 0.3 is 10.8 Å². The number of ether oxygens (including phenoxy) is 2. The zero-order chi connectivity index (χ0) is 19.1. The number of rotatable bonds is 4. The van der Waals surface area contributed by atoms with Crippen LogP contribution in [0.3, 0.4) is 0 Å². The Morgan fingerprint density at radius 2 is 2.12 bits per heavy atom. The Kier molecular flexibility index (Phi) is 4.77. The second kappa shape index (κ2) is 6.74. The molecule has 0 amide bonds. The monoisotopic (exact) mass is 375 g/mol. The van der Waals surface area contributed by atoms with Crippen molar-refractivity contribution in [1.29, 1.82) is 0 Å². The summed E-state index contributed by atoms with van der Waals surface area (Å²) in [5.41, 5.74) is 1.53. The van der Waals surface area contributed by atoms with Crippen LogP contribution in [-0.2, 0) is 16.6 Å². The normalized spacial score (nSPS) is 14.6. The van der Waals surface area contributed by atoms with Gasteiger partial charge in [0, 0.05) is 18.2 Å². The summed E-state index contributed by atoms with van der Waals surface area (Å²) in [6, 6.07) is 5.56. The van der Waals surface area contributed by atoms with Crippen LogP contribution in [0.5, 0.6) is 5.75 Å². The van der Waals surface area contributed by atoms with Gasteiger partial charge in [-0.25, -0.2) is 4.79 Å². The number of carbonyl (C=O) groups is 1. The number of hydrogen-bond acceptors (Lipinski definition) is 5. The standard InChI is InChI=1S/C19H21NO5S/c1-19(2,3)25-15(17(21)22)16-14(20(4)18(23)26-16)12-7-8-13-11(10-12)6-5-9-24-13/h5-8,10,15H,9H2,1-4H3,(H,21,22). The third kappa shape index (κ3) is 3.59. The van der Waals surface area contributed by atoms with Crippen LogP contribution in [0.4, 0.5) is 0 Å². The number of benzene rings is 1. The van der Waals surface area contributed by atoms with Gasteiger partial charge < -0.3 is 19.1 Å². The average Bonchev–Trinajstić information content (AvgIpc) is 2.86. The first-order valence-electron chi connectivity index (χ1n) is 8.21. The summed E-state index contributed by atoms with van der Waals surface area (Å²) in [6.45, 7) is 5.88. The average molecular weight is 375 g/mol. The van der Waals surface area contributed by atoms with Crippen molar-refractivity contribution in [3.63, 3.8) is 0 Å². The summed E-state index contributed by atoms with van der Waals surface area (Å²) in [7, 11) is 1.64. The summed E-state index contributed by atoms with van der Waals surface area (Å²) in [5, 5.41) is 9.69. The van der Waals surface area contributed by atoms with Gasteiger partial charge in [0.2, 0.25) is 0 Å². The molecule has 1 atom stereocenters. The van der Waals surface area contributed by atoms with Gasteiger partial charge in [0.15, 0.2) is 6.10 Å². The van der Waals surface area contributed by atoms with Gasteiger partial charge in [-0.1, -0.05) is 17.4 Å². The number of carboxylic acids is 1. The smallest absolute Gasteiger partial charge is 0.338 e. The predicted octanol–water partition coefficient (Wildman–Crippen LogP) is 3.46. The SMILES string of the molecule is Cn1c(-c2ccc3c(c2)C=CCO3)c(C(OC(C)(C)C)C(=O)O)sc1=O. The lowest BCUT2D eigenvalue weighted by atomic mass is 10.0. The lowest BCUT2D eigenvalue weighted by Crippen LogP contribution is -2.27. The summed E-state index contributed by atoms with van der Waals surface area (Å²) < 4.78 is 12.8. The minimum Gasteiger partial charge on any atom is -0.489 e. The number of nitrogens with zero attached hydrogens (tertiary/aromatic N) is 1. The number of carboxylic acid groups (broad SMARTS) is 1. The Hall–Kier alpha value is -2.38. The van der Waals surface area contributed by atoms with E-state index >= 15 is 0 Å². The van der Waals surface area contributed by atoms with E-state index in [1.165, 1.54) is 4.57 Å². The van der Waals surface area contributed by atoms with Crippen molar-refractivity contribution in [2.75, 3.05) is 6.61 Å². The zero-order valence-corrected chi connectivity index (χ0v) is 15.9. The van der Waals surface area contributed by atoms with E-state index in [0.29, 0.717) is 17.2 Å². The van der Waals surface area contributed by atoms with Gasteiger partial charge in [-0.3, -0.25) is 4.79 Å². The van der Waals surface area contributed by atoms with Gasteiger partial charge in [0.1, 0.15) is 12.4 Å². The molecule has 1 aromatic carbocycles. The van der Waals surface area contributed by atoms with Gasteiger partial charge in [-0.2, -0.15) is 0 Å². The number of fused-ring (bicyclic) bond motifs is 1. The molecule has 26 heavy (non-hydrogen) atoms. The number of aromatic nitrogens is 1. The Balaban J connectivity index is 2.15. The molecule has 0 saturated heterocycles. The molecule has 6 nitrogen and oxygen atoms in total. The van der Waals surface area contributed by atoms with Crippen LogP contribution in [0.2, 0.25) is 0 Å². The minimum absolute atomic E-state index is 0.233. The lowest BCUT2D eigenvalue weighted by molar-refractivity contribution is -0.160. The Bertz CT molecular complexity index is 932. The molecule has 0 aliphatic carbocycles. The van der Waals surface area contributed by atoms with Crippen LogP contribution < -0.4 is 9.61 Å². The van der Waals surface area contributed by atoms with Crippen molar-refractivity contribution in [3.8, 4) is 17.0 Å². The summed E-state index contributed by atoms with van der Waals surface area (Å²) in [6.07, 6.45) is 2.64. The van der Waals surface area contributed by atoms with E-state index in [-0.39, 0.29) is 4.87 Å². The molecule has 0 spiro atoms. The fourth-order valence-corrected chi connectivity index (χ4v) is 3.84. The summed E-state index contributed by atoms with van der Waals surface area (Å²) in [4.78, 5) is 24.3. The maximum atomic E-state index is 12.3. The molecule has 1 unspecified atom stereocenters. The first-order chi connectivity index (χ1) is 12.2. The van der Waals surface area contributed by atoms with Crippen molar-refractivity contribution in [2.45, 2.75) is 32.5 Å². The van der Waals surface area contributed by atoms with Crippen LogP contribution in [0.1, 0.15) is 37.3 Å². The van der Waals surface area contributed by atoms with Crippen molar-refractivity contribution in [2.24, 2.45) is 7.05 Å². The molecular weight excluding hydrogens is 354 g/mol. The second-order valence-electron chi connectivity index (χ2n) is 7.05. The molecule has 7 heteroatoms. The highest BCUT2D eigenvalue weighted by Gasteiger charge is 2.32. The van der Waals surface area contributed by atoms with Crippen LogP contribution in [0, 0.1) is 0 Å². The third-order valence-electron chi connectivity index (χ3n) is 3.89. The third-order valence-corrected chi connectivity index (χ3v) is 4.97. The molecule has 138 valence electrons. The van der Waals surface area contributed by atoms with Gasteiger partial charge in [-0.05, 0) is 45.0 Å². The van der Waals surface area contributed by atoms with Crippen LogP contribution in [0.15, 0.2) is 29.1 Å². The zero-order valence-electron chi connectivity index (χ0n) is 15.1. The second-order valence-corrected chi connectivity index (χ2v) is 8.05. The lowest BCUT2D eigenvalue weighted by Gasteiger charge is -2.25. The quantitative estimate of drug-likeness (QED) is 0.885. The minimum atomic E-state index is -1.22. The van der Waals surface area contributed by atoms with Crippen molar-refractivity contribution in [1.82, 2.24) is 4.57 Å². The predicted molar refractivity (Wildman–Crippen MR) is 101 cm³/mol. The number of hydrogen-bond donors (Lipinski definition) is 1. The first kappa shape index (κ1) is 18.4. The maximum absolute atomic E-state index is 12.3. The molecule has 1 aliphatic heterocycles. The first-order valence-corrected chi connectivity index (χ1v) is 9.03. The molecule has 1 N–H and O–H groups in total. The molecule has 0 bridgehead atoms. The molecule has 1 aliphatic rings. The molecule has 2 heterocycles. The van der Waals surface area contributed by atoms with Gasteiger partial charge in [-0.15, -0.1) is 0 Å².